The van der Waals surface area contributed by atoms with Crippen LogP contribution < -0.4 is 4.90 Å². The van der Waals surface area contributed by atoms with Gasteiger partial charge in [-0.05, 0) is 58.4 Å². The smallest absolute Gasteiger partial charge is 0.416 e. The molecule has 1 unspecified atom stereocenters. The van der Waals surface area contributed by atoms with Gasteiger partial charge in [-0.3, -0.25) is 14.5 Å². The number of ether oxygens (including phenoxy) is 1. The molecule has 38 heavy (non-hydrogen) atoms. The molecule has 1 aromatic heterocycles. The highest BCUT2D eigenvalue weighted by molar-refractivity contribution is 6.30. The van der Waals surface area contributed by atoms with Crippen LogP contribution in [0.5, 0.6) is 0 Å². The van der Waals surface area contributed by atoms with E-state index in [4.69, 9.17) is 16.3 Å². The molecular formula is C28H29ClN4O5. The lowest BCUT2D eigenvalue weighted by Crippen LogP contribution is -2.39. The molecule has 9 nitrogen and oxygen atoms in total. The zero-order chi connectivity index (χ0) is 28.2. The summed E-state index contributed by atoms with van der Waals surface area (Å²) in [5.74, 6) is -2.32. The van der Waals surface area contributed by atoms with Crippen molar-refractivity contribution in [3.05, 3.63) is 75.9 Å². The first-order valence-corrected chi connectivity index (χ1v) is 12.3. The van der Waals surface area contributed by atoms with Crippen LogP contribution in [0.4, 0.5) is 10.6 Å². The number of nitrogens with zero attached hydrogens (tertiary/aromatic N) is 4. The van der Waals surface area contributed by atoms with E-state index in [0.29, 0.717) is 16.3 Å². The third-order valence-corrected chi connectivity index (χ3v) is 5.90. The maximum Gasteiger partial charge on any atom is 0.416 e. The summed E-state index contributed by atoms with van der Waals surface area (Å²) >= 11 is 6.07. The molecule has 198 valence electrons. The quantitative estimate of drug-likeness (QED) is 0.361. The highest BCUT2D eigenvalue weighted by atomic mass is 35.5. The normalized spacial score (nSPS) is 11.9. The minimum absolute atomic E-state index is 0.00266. The number of anilines is 1. The molecule has 0 aliphatic heterocycles. The number of aromatic nitrogens is 2. The van der Waals surface area contributed by atoms with Crippen LogP contribution in [0.3, 0.4) is 0 Å². The number of aliphatic carboxylic acids is 1. The van der Waals surface area contributed by atoms with Gasteiger partial charge in [-0.25, -0.2) is 9.48 Å². The number of halogens is 1. The second-order valence-corrected chi connectivity index (χ2v) is 10.3. The molecule has 0 aliphatic carbocycles. The summed E-state index contributed by atoms with van der Waals surface area (Å²) in [7, 11) is 0. The van der Waals surface area contributed by atoms with Gasteiger partial charge in [0.1, 0.15) is 17.2 Å². The first-order valence-electron chi connectivity index (χ1n) is 12.0. The SMILES string of the molecule is Cc1ccc(C(=O)c2nn(-c3ccc(Cl)cc3)c(N(CCC(C)C(=O)O)C(=O)OC(C)(C)C)c2C#N)cc1. The molecule has 3 aromatic rings. The number of nitriles is 1. The second-order valence-electron chi connectivity index (χ2n) is 9.90. The molecule has 0 aliphatic rings. The summed E-state index contributed by atoms with van der Waals surface area (Å²) in [4.78, 5) is 39.6. The number of aryl methyl sites for hydroxylation is 1. The third-order valence-electron chi connectivity index (χ3n) is 5.65. The predicted octanol–water partition coefficient (Wildman–Crippen LogP) is 5.79. The van der Waals surface area contributed by atoms with Gasteiger partial charge in [0.25, 0.3) is 0 Å². The van der Waals surface area contributed by atoms with Gasteiger partial charge >= 0.3 is 12.1 Å². The first-order chi connectivity index (χ1) is 17.8. The molecule has 0 spiro atoms. The van der Waals surface area contributed by atoms with E-state index in [1.165, 1.54) is 11.6 Å². The van der Waals surface area contributed by atoms with Crippen LogP contribution in [0.25, 0.3) is 5.69 Å². The van der Waals surface area contributed by atoms with Gasteiger partial charge in [0.05, 0.1) is 11.6 Å². The van der Waals surface area contributed by atoms with Crippen LogP contribution in [-0.4, -0.2) is 44.9 Å². The van der Waals surface area contributed by atoms with Gasteiger partial charge in [0, 0.05) is 17.1 Å². The Morgan fingerprint density at radius 2 is 1.74 bits per heavy atom. The summed E-state index contributed by atoms with van der Waals surface area (Å²) in [6, 6.07) is 15.4. The number of carbonyl (C=O) groups excluding carboxylic acids is 2. The minimum Gasteiger partial charge on any atom is -0.481 e. The molecule has 1 atom stereocenters. The van der Waals surface area contributed by atoms with E-state index in [2.05, 4.69) is 5.10 Å². The molecule has 2 aromatic carbocycles. The summed E-state index contributed by atoms with van der Waals surface area (Å²) in [5, 5.41) is 24.6. The fraction of sp³-hybridized carbons (Fsp3) is 0.321. The Balaban J connectivity index is 2.26. The van der Waals surface area contributed by atoms with Crippen LogP contribution in [0.1, 0.15) is 61.3 Å². The molecule has 0 saturated carbocycles. The zero-order valence-electron chi connectivity index (χ0n) is 21.9. The average Bonchev–Trinajstić information content (AvgIpc) is 3.22. The Morgan fingerprint density at radius 3 is 2.26 bits per heavy atom. The van der Waals surface area contributed by atoms with Gasteiger partial charge in [0.2, 0.25) is 5.78 Å². The van der Waals surface area contributed by atoms with E-state index in [0.717, 1.165) is 10.5 Å². The Labute approximate surface area is 226 Å². The Bertz CT molecular complexity index is 1380. The molecule has 1 heterocycles. The van der Waals surface area contributed by atoms with Gasteiger partial charge in [-0.1, -0.05) is 48.4 Å². The lowest BCUT2D eigenvalue weighted by atomic mass is 10.0. The standard InChI is InChI=1S/C28H29ClN4O5/c1-17-6-8-19(9-7-17)24(34)23-22(16-30)25(33(31-23)21-12-10-20(29)11-13-21)32(15-14-18(2)26(35)36)27(37)38-28(3,4)5/h6-13,18H,14-15H2,1-5H3,(H,35,36). The minimum atomic E-state index is -1.03. The van der Waals surface area contributed by atoms with Crippen molar-refractivity contribution in [3.8, 4) is 11.8 Å². The highest BCUT2D eigenvalue weighted by Crippen LogP contribution is 2.31. The van der Waals surface area contributed by atoms with Crippen LogP contribution in [0.15, 0.2) is 48.5 Å². The number of ketones is 1. The molecule has 1 N–H and O–H groups in total. The number of benzene rings is 2. The first kappa shape index (κ1) is 28.4. The van der Waals surface area contributed by atoms with Crippen molar-refractivity contribution in [2.75, 3.05) is 11.4 Å². The van der Waals surface area contributed by atoms with Crippen LogP contribution in [-0.2, 0) is 9.53 Å². The lowest BCUT2D eigenvalue weighted by molar-refractivity contribution is -0.141. The molecular weight excluding hydrogens is 508 g/mol. The maximum absolute atomic E-state index is 13.5. The largest absolute Gasteiger partial charge is 0.481 e. The Morgan fingerprint density at radius 1 is 1.13 bits per heavy atom. The molecule has 1 amide bonds. The molecule has 3 rings (SSSR count). The van der Waals surface area contributed by atoms with E-state index >= 15 is 0 Å². The monoisotopic (exact) mass is 536 g/mol. The predicted molar refractivity (Wildman–Crippen MR) is 143 cm³/mol. The number of carboxylic acids is 1. The van der Waals surface area contributed by atoms with Crippen molar-refractivity contribution in [1.82, 2.24) is 9.78 Å². The van der Waals surface area contributed by atoms with Crippen molar-refractivity contribution >= 4 is 35.3 Å². The van der Waals surface area contributed by atoms with E-state index in [-0.39, 0.29) is 30.0 Å². The second kappa shape index (κ2) is 11.5. The van der Waals surface area contributed by atoms with Crippen LogP contribution >= 0.6 is 11.6 Å². The van der Waals surface area contributed by atoms with Gasteiger partial charge < -0.3 is 9.84 Å². The van der Waals surface area contributed by atoms with Crippen LogP contribution in [0.2, 0.25) is 5.02 Å². The summed E-state index contributed by atoms with van der Waals surface area (Å²) in [5.41, 5.74) is 0.539. The van der Waals surface area contributed by atoms with E-state index in [1.54, 1.807) is 69.3 Å². The van der Waals surface area contributed by atoms with Gasteiger partial charge in [-0.15, -0.1) is 0 Å². The average molecular weight is 537 g/mol. The number of hydrogen-bond donors (Lipinski definition) is 1. The van der Waals surface area contributed by atoms with E-state index < -0.39 is 29.4 Å². The van der Waals surface area contributed by atoms with E-state index in [9.17, 15) is 24.8 Å². The molecule has 0 bridgehead atoms. The molecule has 0 saturated heterocycles. The molecule has 0 radical (unpaired) electrons. The summed E-state index contributed by atoms with van der Waals surface area (Å²) in [6.07, 6.45) is -0.747. The van der Waals surface area contributed by atoms with Gasteiger partial charge in [0.15, 0.2) is 11.5 Å². The maximum atomic E-state index is 13.5. The fourth-order valence-electron chi connectivity index (χ4n) is 3.57. The van der Waals surface area contributed by atoms with Crippen molar-refractivity contribution < 1.29 is 24.2 Å². The van der Waals surface area contributed by atoms with Gasteiger partial charge in [-0.2, -0.15) is 10.4 Å². The zero-order valence-corrected chi connectivity index (χ0v) is 22.6. The van der Waals surface area contributed by atoms with Crippen molar-refractivity contribution in [2.45, 2.75) is 46.6 Å². The number of carboxylic acid groups (broad SMARTS) is 1. The highest BCUT2D eigenvalue weighted by Gasteiger charge is 2.34. The van der Waals surface area contributed by atoms with Crippen molar-refractivity contribution in [2.24, 2.45) is 5.92 Å². The molecule has 0 fully saturated rings. The third kappa shape index (κ3) is 6.58. The fourth-order valence-corrected chi connectivity index (χ4v) is 3.70. The lowest BCUT2D eigenvalue weighted by Gasteiger charge is -2.28. The Hall–Kier alpha value is -4.16. The number of carbonyl (C=O) groups is 3. The van der Waals surface area contributed by atoms with E-state index in [1.807, 2.05) is 13.0 Å². The Kier molecular flexibility index (Phi) is 8.59. The summed E-state index contributed by atoms with van der Waals surface area (Å²) < 4.78 is 6.92. The number of hydrogen-bond acceptors (Lipinski definition) is 6. The number of amides is 1. The van der Waals surface area contributed by atoms with Crippen LogP contribution in [0, 0.1) is 24.2 Å². The summed E-state index contributed by atoms with van der Waals surface area (Å²) in [6.45, 7) is 8.38. The topological polar surface area (TPSA) is 126 Å². The van der Waals surface area contributed by atoms with Crippen molar-refractivity contribution in [3.63, 3.8) is 0 Å². The number of rotatable bonds is 8. The van der Waals surface area contributed by atoms with Crippen molar-refractivity contribution in [1.29, 1.82) is 5.26 Å². The molecule has 10 heteroatoms.